The van der Waals surface area contributed by atoms with Crippen LogP contribution in [-0.4, -0.2) is 40.3 Å². The second kappa shape index (κ2) is 8.59. The zero-order chi connectivity index (χ0) is 21.1. The molecule has 1 aliphatic rings. The van der Waals surface area contributed by atoms with E-state index in [-0.39, 0.29) is 24.8 Å². The van der Waals surface area contributed by atoms with Gasteiger partial charge in [-0.3, -0.25) is 14.5 Å². The first-order valence-corrected chi connectivity index (χ1v) is 10.1. The van der Waals surface area contributed by atoms with Crippen molar-refractivity contribution in [3.8, 4) is 0 Å². The molecule has 2 aromatic carbocycles. The number of hydrogen-bond donors (Lipinski definition) is 3. The number of aromatic nitrogens is 1. The molecule has 8 heteroatoms. The number of benzene rings is 2. The molecule has 0 unspecified atom stereocenters. The minimum absolute atomic E-state index is 0.0877. The highest BCUT2D eigenvalue weighted by Crippen LogP contribution is 2.22. The maximum Gasteiger partial charge on any atom is 0.325 e. The van der Waals surface area contributed by atoms with Gasteiger partial charge >= 0.3 is 6.03 Å². The zero-order valence-corrected chi connectivity index (χ0v) is 16.9. The van der Waals surface area contributed by atoms with Crippen LogP contribution >= 0.6 is 11.6 Å². The van der Waals surface area contributed by atoms with Crippen LogP contribution in [0.5, 0.6) is 0 Å². The number of urea groups is 1. The van der Waals surface area contributed by atoms with Crippen LogP contribution < -0.4 is 10.6 Å². The Morgan fingerprint density at radius 1 is 1.13 bits per heavy atom. The van der Waals surface area contributed by atoms with Crippen LogP contribution in [0.1, 0.15) is 17.5 Å². The summed E-state index contributed by atoms with van der Waals surface area (Å²) >= 11 is 6.06. The first-order valence-electron chi connectivity index (χ1n) is 9.69. The largest absolute Gasteiger partial charge is 0.361 e. The summed E-state index contributed by atoms with van der Waals surface area (Å²) in [7, 11) is 0. The van der Waals surface area contributed by atoms with Gasteiger partial charge in [-0.15, -0.1) is 0 Å². The Kier molecular flexibility index (Phi) is 5.72. The topological polar surface area (TPSA) is 94.3 Å². The van der Waals surface area contributed by atoms with Gasteiger partial charge in [0.25, 0.3) is 5.91 Å². The van der Waals surface area contributed by atoms with Crippen LogP contribution in [0.3, 0.4) is 0 Å². The Balaban J connectivity index is 1.29. The number of aromatic amines is 1. The number of nitrogens with zero attached hydrogens (tertiary/aromatic N) is 1. The van der Waals surface area contributed by atoms with Crippen LogP contribution in [0.4, 0.5) is 4.79 Å². The van der Waals surface area contributed by atoms with E-state index < -0.39 is 12.1 Å². The number of carbonyl (C=O) groups is 3. The number of fused-ring (bicyclic) bond motifs is 1. The van der Waals surface area contributed by atoms with Crippen molar-refractivity contribution in [1.29, 1.82) is 0 Å². The quantitative estimate of drug-likeness (QED) is 0.509. The summed E-state index contributed by atoms with van der Waals surface area (Å²) in [6.45, 7) is 0.605. The molecule has 0 bridgehead atoms. The number of imide groups is 1. The fraction of sp³-hybridized carbons (Fsp3) is 0.227. The van der Waals surface area contributed by atoms with Crippen LogP contribution in [0.25, 0.3) is 10.9 Å². The Hall–Kier alpha value is -3.32. The molecule has 3 aromatic rings. The highest BCUT2D eigenvalue weighted by Gasteiger charge is 2.38. The van der Waals surface area contributed by atoms with Crippen LogP contribution in [0.15, 0.2) is 54.7 Å². The van der Waals surface area contributed by atoms with E-state index in [9.17, 15) is 14.4 Å². The van der Waals surface area contributed by atoms with E-state index in [1.165, 1.54) is 0 Å². The highest BCUT2D eigenvalue weighted by molar-refractivity contribution is 6.31. The fourth-order valence-corrected chi connectivity index (χ4v) is 3.75. The van der Waals surface area contributed by atoms with Crippen LogP contribution in [0, 0.1) is 0 Å². The second-order valence-electron chi connectivity index (χ2n) is 7.22. The van der Waals surface area contributed by atoms with Crippen molar-refractivity contribution in [2.45, 2.75) is 25.4 Å². The summed E-state index contributed by atoms with van der Waals surface area (Å²) in [6.07, 6.45) is 2.43. The molecular weight excluding hydrogens is 404 g/mol. The normalized spacial score (nSPS) is 16.2. The molecule has 0 radical (unpaired) electrons. The lowest BCUT2D eigenvalue weighted by Gasteiger charge is -2.13. The average molecular weight is 425 g/mol. The lowest BCUT2D eigenvalue weighted by atomic mass is 10.1. The first kappa shape index (κ1) is 20.0. The minimum Gasteiger partial charge on any atom is -0.361 e. The molecule has 2 heterocycles. The molecule has 154 valence electrons. The molecule has 1 saturated heterocycles. The lowest BCUT2D eigenvalue weighted by Crippen LogP contribution is -2.37. The van der Waals surface area contributed by atoms with Gasteiger partial charge < -0.3 is 15.6 Å². The van der Waals surface area contributed by atoms with Crippen LogP contribution in [0.2, 0.25) is 5.02 Å². The predicted molar refractivity (Wildman–Crippen MR) is 114 cm³/mol. The number of hydrogen-bond acceptors (Lipinski definition) is 3. The molecule has 0 spiro atoms. The van der Waals surface area contributed by atoms with Gasteiger partial charge in [0.1, 0.15) is 6.04 Å². The Morgan fingerprint density at radius 2 is 1.93 bits per heavy atom. The molecule has 1 atom stereocenters. The molecule has 0 saturated carbocycles. The van der Waals surface area contributed by atoms with E-state index >= 15 is 0 Å². The number of rotatable bonds is 7. The number of halogens is 1. The third kappa shape index (κ3) is 4.31. The van der Waals surface area contributed by atoms with Gasteiger partial charge in [-0.2, -0.15) is 0 Å². The summed E-state index contributed by atoms with van der Waals surface area (Å²) in [5.74, 6) is -0.668. The third-order valence-corrected chi connectivity index (χ3v) is 5.36. The zero-order valence-electron chi connectivity index (χ0n) is 16.2. The lowest BCUT2D eigenvalue weighted by molar-refractivity contribution is -0.131. The maximum absolute atomic E-state index is 12.5. The summed E-state index contributed by atoms with van der Waals surface area (Å²) < 4.78 is 0. The average Bonchev–Trinajstić information content (AvgIpc) is 3.24. The van der Waals surface area contributed by atoms with Gasteiger partial charge in [-0.05, 0) is 35.7 Å². The standard InChI is InChI=1S/C22H21ClN4O3/c23-16-6-7-18-17(10-16)15(12-25-18)8-9-24-20(28)11-19-21(29)27(22(30)26-19)13-14-4-2-1-3-5-14/h1-7,10,12,19,25H,8-9,11,13H2,(H,24,28)(H,26,30)/t19-/m1/s1. The van der Waals surface area contributed by atoms with Gasteiger partial charge in [0.05, 0.1) is 13.0 Å². The van der Waals surface area contributed by atoms with E-state index in [1.807, 2.05) is 54.7 Å². The molecule has 4 amide bonds. The molecule has 1 aliphatic heterocycles. The van der Waals surface area contributed by atoms with E-state index in [0.717, 1.165) is 26.9 Å². The van der Waals surface area contributed by atoms with E-state index in [4.69, 9.17) is 11.6 Å². The molecule has 7 nitrogen and oxygen atoms in total. The van der Waals surface area contributed by atoms with Crippen molar-refractivity contribution in [1.82, 2.24) is 20.5 Å². The Bertz CT molecular complexity index is 1100. The number of carbonyl (C=O) groups excluding carboxylic acids is 3. The van der Waals surface area contributed by atoms with Gasteiger partial charge in [0.15, 0.2) is 0 Å². The van der Waals surface area contributed by atoms with Crippen molar-refractivity contribution in [3.63, 3.8) is 0 Å². The maximum atomic E-state index is 12.5. The van der Waals surface area contributed by atoms with E-state index in [1.54, 1.807) is 0 Å². The summed E-state index contributed by atoms with van der Waals surface area (Å²) in [5, 5.41) is 7.09. The summed E-state index contributed by atoms with van der Waals surface area (Å²) in [5.41, 5.74) is 2.88. The Morgan fingerprint density at radius 3 is 2.73 bits per heavy atom. The van der Waals surface area contributed by atoms with E-state index in [0.29, 0.717) is 18.0 Å². The number of amides is 4. The molecule has 4 rings (SSSR count). The number of H-pyrrole nitrogens is 1. The van der Waals surface area contributed by atoms with Crippen LogP contribution in [-0.2, 0) is 22.6 Å². The predicted octanol–water partition coefficient (Wildman–Crippen LogP) is 2.99. The second-order valence-corrected chi connectivity index (χ2v) is 7.66. The van der Waals surface area contributed by atoms with Crippen molar-refractivity contribution in [3.05, 3.63) is 70.9 Å². The van der Waals surface area contributed by atoms with Gasteiger partial charge in [-0.1, -0.05) is 41.9 Å². The Labute approximate surface area is 178 Å². The van der Waals surface area contributed by atoms with E-state index in [2.05, 4.69) is 15.6 Å². The van der Waals surface area contributed by atoms with Crippen molar-refractivity contribution in [2.75, 3.05) is 6.54 Å². The highest BCUT2D eigenvalue weighted by atomic mass is 35.5. The van der Waals surface area contributed by atoms with Crippen molar-refractivity contribution >= 4 is 40.3 Å². The smallest absolute Gasteiger partial charge is 0.325 e. The number of nitrogens with one attached hydrogen (secondary N) is 3. The molecule has 3 N–H and O–H groups in total. The molecule has 1 fully saturated rings. The van der Waals surface area contributed by atoms with Crippen molar-refractivity contribution < 1.29 is 14.4 Å². The monoisotopic (exact) mass is 424 g/mol. The van der Waals surface area contributed by atoms with Gasteiger partial charge in [-0.25, -0.2) is 4.79 Å². The minimum atomic E-state index is -0.840. The molecule has 30 heavy (non-hydrogen) atoms. The summed E-state index contributed by atoms with van der Waals surface area (Å²) in [4.78, 5) is 41.3. The first-order chi connectivity index (χ1) is 14.5. The van der Waals surface area contributed by atoms with Crippen molar-refractivity contribution in [2.24, 2.45) is 0 Å². The van der Waals surface area contributed by atoms with Gasteiger partial charge in [0.2, 0.25) is 5.91 Å². The fourth-order valence-electron chi connectivity index (χ4n) is 3.58. The van der Waals surface area contributed by atoms with Gasteiger partial charge in [0, 0.05) is 28.7 Å². The SMILES string of the molecule is O=C(C[C@H]1NC(=O)N(Cc2ccccc2)C1=O)NCCc1c[nH]c2ccc(Cl)cc12. The third-order valence-electron chi connectivity index (χ3n) is 5.13. The summed E-state index contributed by atoms with van der Waals surface area (Å²) in [6, 6.07) is 13.6. The molecular formula is C22H21ClN4O3. The molecule has 0 aliphatic carbocycles. The molecule has 1 aromatic heterocycles.